The van der Waals surface area contributed by atoms with Crippen LogP contribution in [0.5, 0.6) is 11.9 Å². The van der Waals surface area contributed by atoms with Gasteiger partial charge in [-0.05, 0) is 17.7 Å². The van der Waals surface area contributed by atoms with Gasteiger partial charge in [0, 0.05) is 25.1 Å². The second kappa shape index (κ2) is 7.83. The molecule has 0 spiro atoms. The van der Waals surface area contributed by atoms with E-state index in [1.165, 1.54) is 28.4 Å². The van der Waals surface area contributed by atoms with Gasteiger partial charge < -0.3 is 14.0 Å². The van der Waals surface area contributed by atoms with Gasteiger partial charge in [-0.3, -0.25) is 9.63 Å². The summed E-state index contributed by atoms with van der Waals surface area (Å²) in [6.07, 6.45) is 4.84. The van der Waals surface area contributed by atoms with Crippen LogP contribution < -0.4 is 9.47 Å². The summed E-state index contributed by atoms with van der Waals surface area (Å²) in [6.45, 7) is 0. The average Bonchev–Trinajstić information content (AvgIpc) is 3.22. The summed E-state index contributed by atoms with van der Waals surface area (Å²) in [4.78, 5) is 29.5. The first-order valence-electron chi connectivity index (χ1n) is 7.99. The van der Waals surface area contributed by atoms with E-state index in [0.717, 1.165) is 21.9 Å². The molecule has 2 heterocycles. The number of amides is 1. The third-order valence-corrected chi connectivity index (χ3v) is 3.92. The Kier molecular flexibility index (Phi) is 5.32. The number of methoxy groups -OCH3 is 2. The molecule has 3 aromatic rings. The Bertz CT molecular complexity index is 956. The summed E-state index contributed by atoms with van der Waals surface area (Å²) in [6, 6.07) is 7.85. The highest BCUT2D eigenvalue weighted by atomic mass is 16.7. The predicted molar refractivity (Wildman–Crippen MR) is 96.8 cm³/mol. The first kappa shape index (κ1) is 18.3. The highest BCUT2D eigenvalue weighted by Crippen LogP contribution is 2.30. The minimum atomic E-state index is -0.336. The molecule has 0 bridgehead atoms. The topological polar surface area (TPSA) is 91.6 Å². The van der Waals surface area contributed by atoms with E-state index < -0.39 is 0 Å². The fourth-order valence-corrected chi connectivity index (χ4v) is 2.46. The smallest absolute Gasteiger partial charge is 0.319 e. The molecule has 0 aliphatic rings. The molecule has 0 unspecified atom stereocenters. The maximum atomic E-state index is 12.1. The van der Waals surface area contributed by atoms with Gasteiger partial charge in [-0.2, -0.15) is 4.98 Å². The van der Waals surface area contributed by atoms with Crippen molar-refractivity contribution in [2.24, 2.45) is 0 Å². The fourth-order valence-electron chi connectivity index (χ4n) is 2.46. The van der Waals surface area contributed by atoms with E-state index in [-0.39, 0.29) is 17.6 Å². The highest BCUT2D eigenvalue weighted by Gasteiger charge is 2.15. The molecule has 9 heteroatoms. The quantitative estimate of drug-likeness (QED) is 0.614. The Balaban J connectivity index is 1.95. The van der Waals surface area contributed by atoms with Crippen molar-refractivity contribution in [2.45, 2.75) is 0 Å². The molecule has 0 radical (unpaired) electrons. The SMILES string of the molecule is COc1ncc(-c2cccc(-n3cnc(C(=O)N(C)OC)c3)c2)c(OC)n1. The molecule has 0 saturated heterocycles. The lowest BCUT2D eigenvalue weighted by molar-refractivity contribution is -0.0760. The Morgan fingerprint density at radius 3 is 2.67 bits per heavy atom. The van der Waals surface area contributed by atoms with Crippen molar-refractivity contribution >= 4 is 5.91 Å². The second-order valence-electron chi connectivity index (χ2n) is 5.48. The molecule has 0 atom stereocenters. The molecule has 0 aliphatic carbocycles. The summed E-state index contributed by atoms with van der Waals surface area (Å²) in [7, 11) is 5.98. The number of carbonyl (C=O) groups is 1. The van der Waals surface area contributed by atoms with Gasteiger partial charge in [0.05, 0.1) is 26.9 Å². The number of carbonyl (C=O) groups excluding carboxylic acids is 1. The van der Waals surface area contributed by atoms with Crippen LogP contribution in [0, 0.1) is 0 Å². The van der Waals surface area contributed by atoms with Crippen molar-refractivity contribution in [3.63, 3.8) is 0 Å². The number of benzene rings is 1. The maximum Gasteiger partial charge on any atom is 0.319 e. The van der Waals surface area contributed by atoms with E-state index in [1.807, 2.05) is 24.3 Å². The molecule has 140 valence electrons. The molecule has 3 rings (SSSR count). The zero-order chi connectivity index (χ0) is 19.4. The minimum absolute atomic E-state index is 0.229. The zero-order valence-electron chi connectivity index (χ0n) is 15.4. The fraction of sp³-hybridized carbons (Fsp3) is 0.222. The molecule has 0 N–H and O–H groups in total. The summed E-state index contributed by atoms with van der Waals surface area (Å²) in [5.74, 6) is 0.0693. The van der Waals surface area contributed by atoms with E-state index in [0.29, 0.717) is 5.88 Å². The van der Waals surface area contributed by atoms with Crippen LogP contribution in [0.4, 0.5) is 0 Å². The number of hydroxylamine groups is 2. The highest BCUT2D eigenvalue weighted by molar-refractivity contribution is 5.91. The van der Waals surface area contributed by atoms with Gasteiger partial charge in [0.2, 0.25) is 5.88 Å². The minimum Gasteiger partial charge on any atom is -0.480 e. The lowest BCUT2D eigenvalue weighted by Gasteiger charge is -2.11. The van der Waals surface area contributed by atoms with Crippen LogP contribution in [0.2, 0.25) is 0 Å². The molecule has 27 heavy (non-hydrogen) atoms. The normalized spacial score (nSPS) is 10.5. The van der Waals surface area contributed by atoms with E-state index in [9.17, 15) is 4.79 Å². The third kappa shape index (κ3) is 3.72. The molecule has 9 nitrogen and oxygen atoms in total. The first-order chi connectivity index (χ1) is 13.1. The summed E-state index contributed by atoms with van der Waals surface area (Å²) < 4.78 is 12.1. The largest absolute Gasteiger partial charge is 0.480 e. The lowest BCUT2D eigenvalue weighted by Crippen LogP contribution is -2.25. The average molecular weight is 369 g/mol. The number of hydrogen-bond donors (Lipinski definition) is 0. The van der Waals surface area contributed by atoms with Crippen molar-refractivity contribution in [1.29, 1.82) is 0 Å². The van der Waals surface area contributed by atoms with Gasteiger partial charge in [-0.15, -0.1) is 0 Å². The zero-order valence-corrected chi connectivity index (χ0v) is 15.4. The first-order valence-corrected chi connectivity index (χ1v) is 7.99. The molecule has 0 saturated carbocycles. The van der Waals surface area contributed by atoms with Crippen molar-refractivity contribution in [3.8, 4) is 28.7 Å². The number of hydrogen-bond acceptors (Lipinski definition) is 7. The Morgan fingerprint density at radius 2 is 1.96 bits per heavy atom. The Morgan fingerprint density at radius 1 is 1.15 bits per heavy atom. The van der Waals surface area contributed by atoms with Crippen LogP contribution in [-0.4, -0.2) is 58.9 Å². The van der Waals surface area contributed by atoms with Crippen LogP contribution >= 0.6 is 0 Å². The maximum absolute atomic E-state index is 12.1. The number of nitrogens with zero attached hydrogens (tertiary/aromatic N) is 5. The number of aromatic nitrogens is 4. The molecular formula is C18H19N5O4. The molecule has 1 amide bonds. The van der Waals surface area contributed by atoms with Crippen LogP contribution in [0.3, 0.4) is 0 Å². The lowest BCUT2D eigenvalue weighted by atomic mass is 10.1. The van der Waals surface area contributed by atoms with Crippen molar-refractivity contribution in [2.75, 3.05) is 28.4 Å². The standard InChI is InChI=1S/C18H19N5O4/c1-22(27-4)17(24)15-10-23(11-20-15)13-7-5-6-12(8-13)14-9-19-18(26-3)21-16(14)25-2/h5-11H,1-4H3. The number of imidazole rings is 1. The van der Waals surface area contributed by atoms with Gasteiger partial charge in [0.25, 0.3) is 5.91 Å². The third-order valence-electron chi connectivity index (χ3n) is 3.92. The second-order valence-corrected chi connectivity index (χ2v) is 5.48. The molecule has 0 fully saturated rings. The molecule has 2 aromatic heterocycles. The van der Waals surface area contributed by atoms with E-state index in [4.69, 9.17) is 14.3 Å². The Hall–Kier alpha value is -3.46. The predicted octanol–water partition coefficient (Wildman–Crippen LogP) is 1.98. The monoisotopic (exact) mass is 369 g/mol. The summed E-state index contributed by atoms with van der Waals surface area (Å²) >= 11 is 0. The van der Waals surface area contributed by atoms with E-state index in [2.05, 4.69) is 15.0 Å². The van der Waals surface area contributed by atoms with Gasteiger partial charge >= 0.3 is 6.01 Å². The summed E-state index contributed by atoms with van der Waals surface area (Å²) in [5.41, 5.74) is 2.66. The van der Waals surface area contributed by atoms with Gasteiger partial charge in [0.1, 0.15) is 12.0 Å². The van der Waals surface area contributed by atoms with E-state index >= 15 is 0 Å². The number of rotatable bonds is 6. The summed E-state index contributed by atoms with van der Waals surface area (Å²) in [5, 5.41) is 1.11. The van der Waals surface area contributed by atoms with Crippen LogP contribution in [-0.2, 0) is 4.84 Å². The van der Waals surface area contributed by atoms with Gasteiger partial charge in [0.15, 0.2) is 0 Å². The molecule has 0 aliphatic heterocycles. The van der Waals surface area contributed by atoms with Crippen molar-refractivity contribution in [3.05, 3.63) is 48.7 Å². The van der Waals surface area contributed by atoms with Gasteiger partial charge in [-0.25, -0.2) is 15.0 Å². The van der Waals surface area contributed by atoms with Crippen LogP contribution in [0.1, 0.15) is 10.5 Å². The number of ether oxygens (including phenoxy) is 2. The molecular weight excluding hydrogens is 350 g/mol. The van der Waals surface area contributed by atoms with Gasteiger partial charge in [-0.1, -0.05) is 12.1 Å². The molecule has 1 aromatic carbocycles. The Labute approximate surface area is 156 Å². The van der Waals surface area contributed by atoms with Crippen LogP contribution in [0.25, 0.3) is 16.8 Å². The van der Waals surface area contributed by atoms with Crippen LogP contribution in [0.15, 0.2) is 43.0 Å². The van der Waals surface area contributed by atoms with E-state index in [1.54, 1.807) is 23.3 Å². The van der Waals surface area contributed by atoms with Crippen molar-refractivity contribution in [1.82, 2.24) is 24.6 Å². The van der Waals surface area contributed by atoms with Crippen molar-refractivity contribution < 1.29 is 19.1 Å².